The molecule has 2 aromatic carbocycles. The second-order valence-corrected chi connectivity index (χ2v) is 8.76. The van der Waals surface area contributed by atoms with Gasteiger partial charge >= 0.3 is 0 Å². The Balaban J connectivity index is 1.89. The highest BCUT2D eigenvalue weighted by Gasteiger charge is 2.47. The number of carbonyl (C=O) groups excluding carboxylic acids is 2. The molecule has 0 aliphatic carbocycles. The molecule has 1 aliphatic heterocycles. The van der Waals surface area contributed by atoms with E-state index in [-0.39, 0.29) is 23.4 Å². The quantitative estimate of drug-likeness (QED) is 0.293. The van der Waals surface area contributed by atoms with Crippen molar-refractivity contribution < 1.29 is 23.8 Å². The van der Waals surface area contributed by atoms with Crippen molar-refractivity contribution in [3.8, 4) is 5.75 Å². The van der Waals surface area contributed by atoms with Crippen LogP contribution in [0, 0.1) is 5.82 Å². The van der Waals surface area contributed by atoms with E-state index < -0.39 is 23.5 Å². The zero-order valence-electron chi connectivity index (χ0n) is 16.3. The van der Waals surface area contributed by atoms with Crippen LogP contribution >= 0.6 is 27.3 Å². The number of thiophene rings is 1. The van der Waals surface area contributed by atoms with Crippen LogP contribution in [0.1, 0.15) is 22.0 Å². The Morgan fingerprint density at radius 3 is 2.61 bits per heavy atom. The number of rotatable bonds is 5. The maximum absolute atomic E-state index is 14.8. The first kappa shape index (κ1) is 21.3. The number of ketones is 1. The molecule has 1 aliphatic rings. The predicted molar refractivity (Wildman–Crippen MR) is 119 cm³/mol. The summed E-state index contributed by atoms with van der Waals surface area (Å²) in [7, 11) is 1.51. The second-order valence-electron chi connectivity index (χ2n) is 6.88. The first-order valence-electron chi connectivity index (χ1n) is 9.31. The molecular formula is C23H17BrFNO4S. The number of benzene rings is 2. The summed E-state index contributed by atoms with van der Waals surface area (Å²) in [5.74, 6) is -2.03. The summed E-state index contributed by atoms with van der Waals surface area (Å²) in [5, 5.41) is 12.9. The van der Waals surface area contributed by atoms with Gasteiger partial charge in [-0.2, -0.15) is 0 Å². The van der Waals surface area contributed by atoms with Crippen molar-refractivity contribution in [2.24, 2.45) is 0 Å². The first-order chi connectivity index (χ1) is 14.9. The number of amides is 1. The molecule has 1 unspecified atom stereocenters. The lowest BCUT2D eigenvalue weighted by molar-refractivity contribution is -0.140. The van der Waals surface area contributed by atoms with Crippen molar-refractivity contribution in [1.29, 1.82) is 0 Å². The van der Waals surface area contributed by atoms with Gasteiger partial charge in [0.2, 0.25) is 0 Å². The van der Waals surface area contributed by atoms with Gasteiger partial charge in [0, 0.05) is 16.0 Å². The summed E-state index contributed by atoms with van der Waals surface area (Å²) in [6, 6.07) is 13.4. The van der Waals surface area contributed by atoms with Gasteiger partial charge in [-0.05, 0) is 51.6 Å². The van der Waals surface area contributed by atoms with Gasteiger partial charge in [0.25, 0.3) is 11.7 Å². The number of Topliss-reactive ketones (excluding diaryl/α,β-unsaturated/α-hetero) is 1. The van der Waals surface area contributed by atoms with Gasteiger partial charge in [0.15, 0.2) is 0 Å². The van der Waals surface area contributed by atoms with E-state index in [1.165, 1.54) is 41.5 Å². The first-order valence-corrected chi connectivity index (χ1v) is 11.0. The lowest BCUT2D eigenvalue weighted by atomic mass is 9.95. The minimum absolute atomic E-state index is 0.129. The molecule has 1 amide bonds. The molecule has 8 heteroatoms. The monoisotopic (exact) mass is 501 g/mol. The van der Waals surface area contributed by atoms with Gasteiger partial charge in [-0.25, -0.2) is 4.39 Å². The number of hydrogen-bond acceptors (Lipinski definition) is 5. The second kappa shape index (κ2) is 8.64. The number of nitrogens with zero attached hydrogens (tertiary/aromatic N) is 1. The maximum Gasteiger partial charge on any atom is 0.295 e. The molecule has 2 heterocycles. The SMILES string of the molecule is COc1ccc(/C(O)=C2\C(=O)C(=O)N(Cc3cccs3)C2c2ccccc2F)cc1Br. The highest BCUT2D eigenvalue weighted by molar-refractivity contribution is 9.10. The van der Waals surface area contributed by atoms with Crippen LogP contribution in [0.3, 0.4) is 0 Å². The normalized spacial score (nSPS) is 17.9. The Bertz CT molecular complexity index is 1190. The van der Waals surface area contributed by atoms with E-state index in [2.05, 4.69) is 15.9 Å². The van der Waals surface area contributed by atoms with Crippen molar-refractivity contribution in [2.75, 3.05) is 7.11 Å². The van der Waals surface area contributed by atoms with E-state index in [4.69, 9.17) is 4.74 Å². The van der Waals surface area contributed by atoms with Crippen LogP contribution in [0.5, 0.6) is 5.75 Å². The molecule has 1 saturated heterocycles. The third-order valence-corrected chi connectivity index (χ3v) is 6.55. The summed E-state index contributed by atoms with van der Waals surface area (Å²) >= 11 is 4.78. The van der Waals surface area contributed by atoms with Crippen LogP contribution in [0.15, 0.2) is 70.0 Å². The Morgan fingerprint density at radius 1 is 1.19 bits per heavy atom. The Kier molecular flexibility index (Phi) is 5.93. The number of aliphatic hydroxyl groups excluding tert-OH is 1. The van der Waals surface area contributed by atoms with E-state index in [0.717, 1.165) is 4.88 Å². The average Bonchev–Trinajstić information content (AvgIpc) is 3.36. The summed E-state index contributed by atoms with van der Waals surface area (Å²) in [4.78, 5) is 28.1. The number of hydrogen-bond donors (Lipinski definition) is 1. The largest absolute Gasteiger partial charge is 0.507 e. The number of carbonyl (C=O) groups is 2. The Labute approximate surface area is 190 Å². The van der Waals surface area contributed by atoms with E-state index in [1.807, 2.05) is 17.5 Å². The fraction of sp³-hybridized carbons (Fsp3) is 0.130. The molecule has 3 aromatic rings. The van der Waals surface area contributed by atoms with Crippen molar-refractivity contribution in [2.45, 2.75) is 12.6 Å². The summed E-state index contributed by atoms with van der Waals surface area (Å²) in [6.07, 6.45) is 0. The van der Waals surface area contributed by atoms with Crippen molar-refractivity contribution in [3.63, 3.8) is 0 Å². The van der Waals surface area contributed by atoms with Crippen LogP contribution in [-0.2, 0) is 16.1 Å². The van der Waals surface area contributed by atoms with E-state index in [0.29, 0.717) is 15.8 Å². The lowest BCUT2D eigenvalue weighted by Gasteiger charge is -2.25. The smallest absolute Gasteiger partial charge is 0.295 e. The average molecular weight is 502 g/mol. The van der Waals surface area contributed by atoms with Gasteiger partial charge in [-0.1, -0.05) is 24.3 Å². The zero-order chi connectivity index (χ0) is 22.1. The van der Waals surface area contributed by atoms with Gasteiger partial charge in [-0.3, -0.25) is 9.59 Å². The molecule has 1 aromatic heterocycles. The minimum Gasteiger partial charge on any atom is -0.507 e. The summed E-state index contributed by atoms with van der Waals surface area (Å²) in [5.41, 5.74) is 0.305. The molecule has 0 bridgehead atoms. The predicted octanol–water partition coefficient (Wildman–Crippen LogP) is 5.28. The number of methoxy groups -OCH3 is 1. The van der Waals surface area contributed by atoms with Crippen LogP contribution in [-0.4, -0.2) is 28.8 Å². The lowest BCUT2D eigenvalue weighted by Crippen LogP contribution is -2.29. The molecule has 0 radical (unpaired) electrons. The van der Waals surface area contributed by atoms with Crippen LogP contribution in [0.4, 0.5) is 4.39 Å². The van der Waals surface area contributed by atoms with Gasteiger partial charge in [0.05, 0.1) is 29.7 Å². The van der Waals surface area contributed by atoms with Crippen molar-refractivity contribution in [3.05, 3.63) is 91.8 Å². The third-order valence-electron chi connectivity index (χ3n) is 5.07. The summed E-state index contributed by atoms with van der Waals surface area (Å²) < 4.78 is 20.5. The topological polar surface area (TPSA) is 66.8 Å². The van der Waals surface area contributed by atoms with E-state index >= 15 is 0 Å². The number of aliphatic hydroxyl groups is 1. The Hall–Kier alpha value is -2.97. The van der Waals surface area contributed by atoms with Crippen molar-refractivity contribution >= 4 is 44.7 Å². The molecule has 1 N–H and O–H groups in total. The maximum atomic E-state index is 14.8. The fourth-order valence-electron chi connectivity index (χ4n) is 3.60. The molecule has 1 fully saturated rings. The number of ether oxygens (including phenoxy) is 1. The molecule has 0 saturated carbocycles. The van der Waals surface area contributed by atoms with Gasteiger partial charge in [0.1, 0.15) is 17.3 Å². The highest BCUT2D eigenvalue weighted by atomic mass is 79.9. The fourth-order valence-corrected chi connectivity index (χ4v) is 4.85. The molecule has 31 heavy (non-hydrogen) atoms. The van der Waals surface area contributed by atoms with E-state index in [1.54, 1.807) is 24.3 Å². The molecule has 5 nitrogen and oxygen atoms in total. The van der Waals surface area contributed by atoms with Crippen LogP contribution in [0.2, 0.25) is 0 Å². The van der Waals surface area contributed by atoms with Gasteiger partial charge in [-0.15, -0.1) is 11.3 Å². The summed E-state index contributed by atoms with van der Waals surface area (Å²) in [6.45, 7) is 0.129. The Morgan fingerprint density at radius 2 is 1.97 bits per heavy atom. The minimum atomic E-state index is -1.05. The number of likely N-dealkylation sites (tertiary alicyclic amines) is 1. The van der Waals surface area contributed by atoms with Gasteiger partial charge < -0.3 is 14.7 Å². The van der Waals surface area contributed by atoms with E-state index in [9.17, 15) is 19.1 Å². The number of halogens is 2. The molecular weight excluding hydrogens is 485 g/mol. The molecule has 158 valence electrons. The van der Waals surface area contributed by atoms with Crippen LogP contribution < -0.4 is 4.74 Å². The zero-order valence-corrected chi connectivity index (χ0v) is 18.7. The third kappa shape index (κ3) is 3.88. The molecule has 1 atom stereocenters. The molecule has 4 rings (SSSR count). The van der Waals surface area contributed by atoms with Crippen molar-refractivity contribution in [1.82, 2.24) is 4.90 Å². The van der Waals surface area contributed by atoms with Crippen LogP contribution in [0.25, 0.3) is 5.76 Å². The molecule has 0 spiro atoms. The highest BCUT2D eigenvalue weighted by Crippen LogP contribution is 2.42. The standard InChI is InChI=1S/C23H17BrFNO4S/c1-30-18-9-8-13(11-16(18)24)21(27)19-20(15-6-2-3-7-17(15)25)26(23(29)22(19)28)12-14-5-4-10-31-14/h2-11,20,27H,12H2,1H3/b21-19+.